The summed E-state index contributed by atoms with van der Waals surface area (Å²) in [4.78, 5) is 11.0. The van der Waals surface area contributed by atoms with E-state index in [4.69, 9.17) is 0 Å². The van der Waals surface area contributed by atoms with Gasteiger partial charge < -0.3 is 5.32 Å². The van der Waals surface area contributed by atoms with Gasteiger partial charge in [0.2, 0.25) is 19.7 Å². The first-order valence-corrected chi connectivity index (χ1v) is 10.7. The van der Waals surface area contributed by atoms with Crippen LogP contribution in [0.2, 0.25) is 0 Å². The van der Waals surface area contributed by atoms with Gasteiger partial charge in [-0.05, 0) is 43.3 Å². The van der Waals surface area contributed by atoms with Crippen LogP contribution in [-0.2, 0) is 24.5 Å². The Kier molecular flexibility index (Phi) is 5.83. The fraction of sp³-hybridized carbons (Fsp3) is 0.111. The molecule has 0 aliphatic carbocycles. The molecule has 2 aromatic rings. The van der Waals surface area contributed by atoms with Gasteiger partial charge in [-0.25, -0.2) is 16.8 Å². The Morgan fingerprint density at radius 2 is 1.44 bits per heavy atom. The highest BCUT2D eigenvalue weighted by Crippen LogP contribution is 2.26. The van der Waals surface area contributed by atoms with Gasteiger partial charge in [0, 0.05) is 11.3 Å². The van der Waals surface area contributed by atoms with Gasteiger partial charge in [-0.15, -0.1) is 0 Å². The third-order valence-electron chi connectivity index (χ3n) is 3.57. The lowest BCUT2D eigenvalue weighted by Crippen LogP contribution is -2.29. The predicted molar refractivity (Wildman–Crippen MR) is 100 cm³/mol. The van der Waals surface area contributed by atoms with Crippen molar-refractivity contribution in [1.82, 2.24) is 0 Å². The highest BCUT2D eigenvalue weighted by atomic mass is 32.3. The maximum Gasteiger partial charge on any atom is 0.256 e. The maximum atomic E-state index is 12.7. The van der Waals surface area contributed by atoms with Gasteiger partial charge in [0.05, 0.1) is 15.9 Å². The number of amides is 1. The van der Waals surface area contributed by atoms with Gasteiger partial charge in [0.25, 0.3) is 10.5 Å². The fourth-order valence-corrected chi connectivity index (χ4v) is 5.95. The number of sulfone groups is 2. The second kappa shape index (κ2) is 7.73. The van der Waals surface area contributed by atoms with Crippen molar-refractivity contribution in [2.24, 2.45) is 0 Å². The summed E-state index contributed by atoms with van der Waals surface area (Å²) in [7, 11) is -8.93. The number of nitrogens with zero attached hydrogens (tertiary/aromatic N) is 1. The Morgan fingerprint density at radius 3 is 1.89 bits per heavy atom. The molecule has 1 N–H and O–H groups in total. The van der Waals surface area contributed by atoms with Gasteiger partial charge in [-0.1, -0.05) is 24.8 Å². The summed E-state index contributed by atoms with van der Waals surface area (Å²) >= 11 is 0. The second-order valence-electron chi connectivity index (χ2n) is 5.62. The predicted octanol–water partition coefficient (Wildman–Crippen LogP) is 2.30. The van der Waals surface area contributed by atoms with E-state index in [-0.39, 0.29) is 15.4 Å². The minimum atomic E-state index is -4.50. The van der Waals surface area contributed by atoms with E-state index in [1.54, 1.807) is 6.07 Å². The number of carbonyl (C=O) groups excluding carboxylic acids is 1. The summed E-state index contributed by atoms with van der Waals surface area (Å²) in [6.45, 7) is 5.00. The lowest BCUT2D eigenvalue weighted by Gasteiger charge is -2.13. The second-order valence-corrected chi connectivity index (χ2v) is 9.99. The molecule has 1 unspecified atom stereocenters. The molecule has 0 spiro atoms. The zero-order valence-electron chi connectivity index (χ0n) is 14.3. The van der Waals surface area contributed by atoms with Gasteiger partial charge in [0.1, 0.15) is 0 Å². The molecular formula is C18H16N2O5S2. The summed E-state index contributed by atoms with van der Waals surface area (Å²) in [6.07, 6.45) is 0. The van der Waals surface area contributed by atoms with Crippen LogP contribution in [0.1, 0.15) is 6.92 Å². The summed E-state index contributed by atoms with van der Waals surface area (Å²) in [5, 5.41) is 11.8. The smallest absolute Gasteiger partial charge is 0.256 e. The Labute approximate surface area is 157 Å². The molecule has 140 valence electrons. The molecule has 0 saturated heterocycles. The highest BCUT2D eigenvalue weighted by Gasteiger charge is 2.40. The van der Waals surface area contributed by atoms with E-state index in [2.05, 4.69) is 11.9 Å². The first-order chi connectivity index (χ1) is 12.6. The van der Waals surface area contributed by atoms with Gasteiger partial charge in [-0.3, -0.25) is 4.79 Å². The van der Waals surface area contributed by atoms with Crippen molar-refractivity contribution in [3.05, 3.63) is 66.7 Å². The van der Waals surface area contributed by atoms with Crippen molar-refractivity contribution < 1.29 is 21.6 Å². The number of carbonyl (C=O) groups is 1. The Hall–Kier alpha value is -2.96. The van der Waals surface area contributed by atoms with Gasteiger partial charge in [0.15, 0.2) is 0 Å². The third kappa shape index (κ3) is 4.24. The van der Waals surface area contributed by atoms with Crippen molar-refractivity contribution in [2.45, 2.75) is 21.3 Å². The summed E-state index contributed by atoms with van der Waals surface area (Å²) in [5.74, 6) is -0.438. The van der Waals surface area contributed by atoms with E-state index in [1.807, 2.05) is 0 Å². The number of nitriles is 1. The van der Waals surface area contributed by atoms with Crippen LogP contribution in [0.15, 0.2) is 76.5 Å². The van der Waals surface area contributed by atoms with E-state index in [9.17, 15) is 26.9 Å². The molecule has 9 heteroatoms. The van der Waals surface area contributed by atoms with E-state index in [0.29, 0.717) is 5.69 Å². The minimum absolute atomic E-state index is 0.259. The first kappa shape index (κ1) is 20.4. The van der Waals surface area contributed by atoms with Crippen molar-refractivity contribution in [3.63, 3.8) is 0 Å². The summed E-state index contributed by atoms with van der Waals surface area (Å²) in [6, 6.07) is 13.2. The first-order valence-electron chi connectivity index (χ1n) is 7.60. The van der Waals surface area contributed by atoms with Crippen LogP contribution >= 0.6 is 0 Å². The lowest BCUT2D eigenvalue weighted by molar-refractivity contribution is -0.112. The summed E-state index contributed by atoms with van der Waals surface area (Å²) in [5.41, 5.74) is 0.576. The minimum Gasteiger partial charge on any atom is -0.322 e. The number of nitrogens with one attached hydrogen (secondary N) is 1. The van der Waals surface area contributed by atoms with Crippen molar-refractivity contribution >= 4 is 31.3 Å². The molecular weight excluding hydrogens is 388 g/mol. The zero-order valence-corrected chi connectivity index (χ0v) is 15.9. The normalized spacial score (nSPS) is 12.6. The van der Waals surface area contributed by atoms with Gasteiger partial charge in [-0.2, -0.15) is 5.26 Å². The molecule has 2 rings (SSSR count). The fourth-order valence-electron chi connectivity index (χ4n) is 2.13. The van der Waals surface area contributed by atoms with E-state index < -0.39 is 30.2 Å². The topological polar surface area (TPSA) is 121 Å². The molecule has 0 radical (unpaired) electrons. The average Bonchev–Trinajstić information content (AvgIpc) is 2.63. The molecule has 0 heterocycles. The molecule has 0 bridgehead atoms. The highest BCUT2D eigenvalue weighted by molar-refractivity contribution is 8.09. The van der Waals surface area contributed by atoms with Crippen LogP contribution in [0, 0.1) is 11.3 Å². The standard InChI is InChI=1S/C18H16N2O5S2/c1-13(2)18(21)20-14-8-10-16(11-9-14)27(24,25)17(12-19)26(22,23)15-6-4-3-5-7-15/h3-11,17H,1H2,2H3,(H,20,21). The Morgan fingerprint density at radius 1 is 0.963 bits per heavy atom. The lowest BCUT2D eigenvalue weighted by atomic mass is 10.3. The van der Waals surface area contributed by atoms with Crippen LogP contribution in [0.4, 0.5) is 5.69 Å². The molecule has 0 fully saturated rings. The molecule has 0 aromatic heterocycles. The van der Waals surface area contributed by atoms with E-state index in [1.165, 1.54) is 49.4 Å². The largest absolute Gasteiger partial charge is 0.322 e. The van der Waals surface area contributed by atoms with Crippen molar-refractivity contribution in [3.8, 4) is 6.07 Å². The van der Waals surface area contributed by atoms with Crippen LogP contribution in [0.5, 0.6) is 0 Å². The number of rotatable bonds is 6. The third-order valence-corrected chi connectivity index (χ3v) is 8.29. The molecule has 1 amide bonds. The molecule has 2 aromatic carbocycles. The molecule has 27 heavy (non-hydrogen) atoms. The number of hydrogen-bond donors (Lipinski definition) is 1. The molecule has 0 aliphatic rings. The Balaban J connectivity index is 2.40. The Bertz CT molecular complexity index is 1110. The van der Waals surface area contributed by atoms with Crippen LogP contribution in [0.25, 0.3) is 0 Å². The zero-order chi connectivity index (χ0) is 20.2. The van der Waals surface area contributed by atoms with Crippen LogP contribution < -0.4 is 5.32 Å². The molecule has 1 atom stereocenters. The van der Waals surface area contributed by atoms with Gasteiger partial charge >= 0.3 is 0 Å². The van der Waals surface area contributed by atoms with E-state index in [0.717, 1.165) is 12.1 Å². The SMILES string of the molecule is C=C(C)C(=O)Nc1ccc(S(=O)(=O)C(C#N)S(=O)(=O)c2ccccc2)cc1. The number of anilines is 1. The summed E-state index contributed by atoms with van der Waals surface area (Å²) < 4.78 is 48.4. The van der Waals surface area contributed by atoms with E-state index >= 15 is 0 Å². The maximum absolute atomic E-state index is 12.7. The van der Waals surface area contributed by atoms with Crippen molar-refractivity contribution in [2.75, 3.05) is 5.32 Å². The quantitative estimate of drug-likeness (QED) is 0.737. The average molecular weight is 404 g/mol. The molecule has 0 aliphatic heterocycles. The number of hydrogen-bond acceptors (Lipinski definition) is 6. The molecule has 0 saturated carbocycles. The molecule has 7 nitrogen and oxygen atoms in total. The van der Waals surface area contributed by atoms with Crippen LogP contribution in [0.3, 0.4) is 0 Å². The number of benzene rings is 2. The van der Waals surface area contributed by atoms with Crippen molar-refractivity contribution in [1.29, 1.82) is 5.26 Å². The van der Waals surface area contributed by atoms with Crippen LogP contribution in [-0.4, -0.2) is 27.3 Å². The monoisotopic (exact) mass is 404 g/mol.